The van der Waals surface area contributed by atoms with Crippen molar-refractivity contribution in [3.05, 3.63) is 131 Å². The Bertz CT molecular complexity index is 1480. The molecule has 39 heavy (non-hydrogen) atoms. The van der Waals surface area contributed by atoms with Gasteiger partial charge in [-0.25, -0.2) is 0 Å². The summed E-state index contributed by atoms with van der Waals surface area (Å²) in [5, 5.41) is 4.52. The van der Waals surface area contributed by atoms with Crippen molar-refractivity contribution < 1.29 is 22.8 Å². The number of hydrogen-bond donors (Lipinski definition) is 2. The zero-order valence-electron chi connectivity index (χ0n) is 20.3. The van der Waals surface area contributed by atoms with Gasteiger partial charge in [-0.15, -0.1) is 11.8 Å². The van der Waals surface area contributed by atoms with Crippen molar-refractivity contribution in [2.45, 2.75) is 16.3 Å². The monoisotopic (exact) mass is 566 g/mol. The van der Waals surface area contributed by atoms with E-state index < -0.39 is 22.9 Å². The van der Waals surface area contributed by atoms with Crippen LogP contribution in [0, 0.1) is 0 Å². The fraction of sp³-hybridized carbons (Fsp3) is 0.0667. The number of nitrogens with one attached hydrogen (secondary N) is 2. The molecule has 0 bridgehead atoms. The first-order chi connectivity index (χ1) is 18.7. The van der Waals surface area contributed by atoms with Crippen molar-refractivity contribution in [2.75, 3.05) is 10.6 Å². The van der Waals surface area contributed by atoms with Crippen LogP contribution in [0.2, 0.25) is 5.02 Å². The van der Waals surface area contributed by atoms with E-state index in [1.165, 1.54) is 17.8 Å². The molecule has 4 aromatic carbocycles. The lowest BCUT2D eigenvalue weighted by molar-refractivity contribution is -0.137. The van der Waals surface area contributed by atoms with Gasteiger partial charge in [-0.2, -0.15) is 13.2 Å². The fourth-order valence-electron chi connectivity index (χ4n) is 3.60. The largest absolute Gasteiger partial charge is 0.416 e. The molecule has 198 valence electrons. The van der Waals surface area contributed by atoms with E-state index in [0.717, 1.165) is 23.8 Å². The molecule has 0 spiro atoms. The predicted molar refractivity (Wildman–Crippen MR) is 151 cm³/mol. The number of benzene rings is 4. The topological polar surface area (TPSA) is 58.2 Å². The third kappa shape index (κ3) is 7.99. The summed E-state index contributed by atoms with van der Waals surface area (Å²) < 4.78 is 39.7. The molecule has 0 radical (unpaired) electrons. The van der Waals surface area contributed by atoms with E-state index in [0.29, 0.717) is 16.1 Å². The molecule has 1 unspecified atom stereocenters. The van der Waals surface area contributed by atoms with Crippen molar-refractivity contribution in [3.8, 4) is 0 Å². The van der Waals surface area contributed by atoms with Crippen LogP contribution in [-0.4, -0.2) is 11.8 Å². The fourth-order valence-corrected chi connectivity index (χ4v) is 4.85. The lowest BCUT2D eigenvalue weighted by Crippen LogP contribution is -2.20. The molecule has 0 aliphatic carbocycles. The Hall–Kier alpha value is -4.01. The number of carbonyl (C=O) groups is 2. The highest BCUT2D eigenvalue weighted by Gasteiger charge is 2.31. The first kappa shape index (κ1) is 28.0. The predicted octanol–water partition coefficient (Wildman–Crippen LogP) is 8.48. The van der Waals surface area contributed by atoms with Crippen molar-refractivity contribution in [2.24, 2.45) is 0 Å². The number of hydrogen-bond acceptors (Lipinski definition) is 3. The van der Waals surface area contributed by atoms with Crippen molar-refractivity contribution in [1.29, 1.82) is 0 Å². The first-order valence-corrected chi connectivity index (χ1v) is 13.0. The van der Waals surface area contributed by atoms with Crippen LogP contribution in [0.3, 0.4) is 0 Å². The van der Waals surface area contributed by atoms with Gasteiger partial charge in [0.05, 0.1) is 16.3 Å². The Labute approximate surface area is 232 Å². The number of rotatable bonds is 8. The van der Waals surface area contributed by atoms with Crippen LogP contribution in [0.25, 0.3) is 6.08 Å². The van der Waals surface area contributed by atoms with E-state index in [1.54, 1.807) is 60.7 Å². The van der Waals surface area contributed by atoms with Gasteiger partial charge in [0, 0.05) is 16.7 Å². The van der Waals surface area contributed by atoms with E-state index in [-0.39, 0.29) is 16.6 Å². The van der Waals surface area contributed by atoms with Gasteiger partial charge in [-0.05, 0) is 53.6 Å². The highest BCUT2D eigenvalue weighted by molar-refractivity contribution is 8.00. The number of thioether (sulfide) groups is 1. The summed E-state index contributed by atoms with van der Waals surface area (Å²) in [6.07, 6.45) is -1.46. The SMILES string of the molecule is O=C(/C=C/c1ccccc1)Nc1cccc(SC(C(=O)Nc2cc(C(F)(F)F)ccc2Cl)c2ccccc2)c1. The van der Waals surface area contributed by atoms with Gasteiger partial charge in [0.25, 0.3) is 0 Å². The highest BCUT2D eigenvalue weighted by Crippen LogP contribution is 2.39. The maximum atomic E-state index is 13.4. The Morgan fingerprint density at radius 1 is 0.821 bits per heavy atom. The molecule has 2 N–H and O–H groups in total. The number of halogens is 4. The highest BCUT2D eigenvalue weighted by atomic mass is 35.5. The maximum Gasteiger partial charge on any atom is 0.416 e. The number of amides is 2. The average Bonchev–Trinajstić information content (AvgIpc) is 2.92. The van der Waals surface area contributed by atoms with Crippen molar-refractivity contribution in [1.82, 2.24) is 0 Å². The van der Waals surface area contributed by atoms with E-state index in [2.05, 4.69) is 10.6 Å². The van der Waals surface area contributed by atoms with Gasteiger partial charge >= 0.3 is 6.18 Å². The molecule has 0 saturated carbocycles. The normalized spacial score (nSPS) is 12.2. The van der Waals surface area contributed by atoms with E-state index in [4.69, 9.17) is 11.6 Å². The molecule has 0 aromatic heterocycles. The molecule has 0 heterocycles. The first-order valence-electron chi connectivity index (χ1n) is 11.7. The zero-order valence-corrected chi connectivity index (χ0v) is 21.9. The van der Waals surface area contributed by atoms with Crippen LogP contribution in [0.15, 0.2) is 114 Å². The minimum atomic E-state index is -4.58. The second kappa shape index (κ2) is 12.7. The average molecular weight is 567 g/mol. The summed E-state index contributed by atoms with van der Waals surface area (Å²) in [6, 6.07) is 28.0. The van der Waals surface area contributed by atoms with Crippen molar-refractivity contribution in [3.63, 3.8) is 0 Å². The summed E-state index contributed by atoms with van der Waals surface area (Å²) in [7, 11) is 0. The molecule has 0 aliphatic heterocycles. The molecule has 1 atom stereocenters. The molecular formula is C30H22ClF3N2O2S. The second-order valence-electron chi connectivity index (χ2n) is 8.35. The van der Waals surface area contributed by atoms with Crippen LogP contribution in [-0.2, 0) is 15.8 Å². The quantitative estimate of drug-likeness (QED) is 0.166. The van der Waals surface area contributed by atoms with Gasteiger partial charge < -0.3 is 10.6 Å². The van der Waals surface area contributed by atoms with Gasteiger partial charge in [0.1, 0.15) is 5.25 Å². The van der Waals surface area contributed by atoms with Crippen molar-refractivity contribution >= 4 is 52.6 Å². The number of anilines is 2. The van der Waals surface area contributed by atoms with E-state index in [1.807, 2.05) is 30.3 Å². The molecule has 4 rings (SSSR count). The number of carbonyl (C=O) groups excluding carboxylic acids is 2. The molecule has 4 nitrogen and oxygen atoms in total. The lowest BCUT2D eigenvalue weighted by Gasteiger charge is -2.19. The molecule has 0 aliphatic rings. The van der Waals surface area contributed by atoms with E-state index >= 15 is 0 Å². The molecule has 2 amide bonds. The van der Waals surface area contributed by atoms with E-state index in [9.17, 15) is 22.8 Å². The summed E-state index contributed by atoms with van der Waals surface area (Å²) in [5.74, 6) is -0.870. The summed E-state index contributed by atoms with van der Waals surface area (Å²) in [4.78, 5) is 26.4. The van der Waals surface area contributed by atoms with Gasteiger partial charge in [0.15, 0.2) is 0 Å². The van der Waals surface area contributed by atoms with Crippen LogP contribution < -0.4 is 10.6 Å². The van der Waals surface area contributed by atoms with Crippen LogP contribution in [0.5, 0.6) is 0 Å². The second-order valence-corrected chi connectivity index (χ2v) is 9.94. The molecule has 9 heteroatoms. The summed E-state index contributed by atoms with van der Waals surface area (Å²) >= 11 is 7.29. The number of alkyl halides is 3. The smallest absolute Gasteiger partial charge is 0.323 e. The van der Waals surface area contributed by atoms with Gasteiger partial charge in [-0.1, -0.05) is 78.3 Å². The zero-order chi connectivity index (χ0) is 27.8. The Morgan fingerprint density at radius 3 is 2.21 bits per heavy atom. The molecule has 4 aromatic rings. The van der Waals surface area contributed by atoms with Crippen LogP contribution in [0.4, 0.5) is 24.5 Å². The third-order valence-corrected chi connectivity index (χ3v) is 7.05. The Morgan fingerprint density at radius 2 is 1.51 bits per heavy atom. The Balaban J connectivity index is 1.53. The summed E-state index contributed by atoms with van der Waals surface area (Å²) in [6.45, 7) is 0. The van der Waals surface area contributed by atoms with Gasteiger partial charge in [-0.3, -0.25) is 9.59 Å². The van der Waals surface area contributed by atoms with Crippen LogP contribution in [0.1, 0.15) is 21.9 Å². The Kier molecular flexibility index (Phi) is 9.11. The summed E-state index contributed by atoms with van der Waals surface area (Å²) in [5.41, 5.74) is 0.994. The minimum absolute atomic E-state index is 0.0126. The van der Waals surface area contributed by atoms with Crippen LogP contribution >= 0.6 is 23.4 Å². The van der Waals surface area contributed by atoms with Gasteiger partial charge in [0.2, 0.25) is 11.8 Å². The molecule has 0 saturated heterocycles. The maximum absolute atomic E-state index is 13.4. The third-order valence-electron chi connectivity index (χ3n) is 5.47. The standard InChI is InChI=1S/C30H22ClF3N2O2S/c31-25-16-15-22(30(32,33)34)18-26(25)36-29(38)28(21-10-5-2-6-11-21)39-24-13-7-12-23(19-24)35-27(37)17-14-20-8-3-1-4-9-20/h1-19,28H,(H,35,37)(H,36,38)/b17-14+. The lowest BCUT2D eigenvalue weighted by atomic mass is 10.1. The molecule has 0 fully saturated rings. The minimum Gasteiger partial charge on any atom is -0.323 e. The molecular weight excluding hydrogens is 545 g/mol.